The fraction of sp³-hybridized carbons (Fsp3) is 0.526. The van der Waals surface area contributed by atoms with Crippen LogP contribution in [0.4, 0.5) is 10.1 Å². The molecule has 0 aromatic carbocycles. The highest BCUT2D eigenvalue weighted by Gasteiger charge is 2.51. The average molecular weight is 423 g/mol. The molecular weight excluding hydrogens is 395 g/mol. The Hall–Kier alpha value is -2.33. The molecule has 1 saturated carbocycles. The average Bonchev–Trinajstić information content (AvgIpc) is 3.02. The number of nitrogens with zero attached hydrogens (tertiary/aromatic N) is 3. The molecule has 10 heteroatoms. The van der Waals surface area contributed by atoms with Crippen molar-refractivity contribution in [1.29, 1.82) is 0 Å². The normalized spacial score (nSPS) is 18.0. The number of carbonyl (C=O) groups is 1. The number of hydrogen-bond acceptors (Lipinski definition) is 5. The molecule has 2 aromatic heterocycles. The maximum atomic E-state index is 12.7. The lowest BCUT2D eigenvalue weighted by atomic mass is 10.0. The van der Waals surface area contributed by atoms with Crippen LogP contribution in [0.25, 0.3) is 0 Å². The Morgan fingerprint density at radius 2 is 1.97 bits per heavy atom. The molecule has 29 heavy (non-hydrogen) atoms. The lowest BCUT2D eigenvalue weighted by molar-refractivity contribution is -0.106. The summed E-state index contributed by atoms with van der Waals surface area (Å²) in [5.41, 5.74) is 17.6. The van der Waals surface area contributed by atoms with E-state index < -0.39 is 16.8 Å². The maximum absolute atomic E-state index is 12.7. The summed E-state index contributed by atoms with van der Waals surface area (Å²) in [6.07, 6.45) is 10.2. The van der Waals surface area contributed by atoms with Gasteiger partial charge in [0.1, 0.15) is 11.0 Å². The summed E-state index contributed by atoms with van der Waals surface area (Å²) in [6.45, 7) is 2.34. The molecule has 1 atom stereocenters. The topological polar surface area (TPSA) is 143 Å². The van der Waals surface area contributed by atoms with Crippen LogP contribution in [0.3, 0.4) is 0 Å². The van der Waals surface area contributed by atoms with E-state index in [-0.39, 0.29) is 11.4 Å². The van der Waals surface area contributed by atoms with Gasteiger partial charge in [-0.25, -0.2) is 13.7 Å². The van der Waals surface area contributed by atoms with Gasteiger partial charge >= 0.3 is 0 Å². The number of primary amides is 1. The summed E-state index contributed by atoms with van der Waals surface area (Å²) in [7, 11) is -1.83. The van der Waals surface area contributed by atoms with Crippen LogP contribution >= 0.6 is 0 Å². The molecule has 3 aliphatic carbocycles. The molecule has 1 spiro atoms. The maximum Gasteiger partial charge on any atom is 0.204 e. The Morgan fingerprint density at radius 3 is 2.48 bits per heavy atom. The predicted octanol–water partition coefficient (Wildman–Crippen LogP) is 1.26. The van der Waals surface area contributed by atoms with Crippen molar-refractivity contribution in [3.8, 4) is 0 Å². The number of anilines is 1. The van der Waals surface area contributed by atoms with Crippen LogP contribution in [0, 0.1) is 5.82 Å². The number of carbonyl (C=O) groups excluding carboxylic acids is 1. The van der Waals surface area contributed by atoms with Gasteiger partial charge in [0.2, 0.25) is 6.41 Å². The van der Waals surface area contributed by atoms with Crippen LogP contribution in [-0.2, 0) is 47.0 Å². The Labute approximate surface area is 171 Å². The lowest BCUT2D eigenvalue weighted by Gasteiger charge is -2.12. The number of fused-ring (bicyclic) bond motifs is 3. The molecule has 0 radical (unpaired) electrons. The van der Waals surface area contributed by atoms with E-state index in [1.165, 1.54) is 65.5 Å². The van der Waals surface area contributed by atoms with Crippen molar-refractivity contribution < 1.29 is 13.4 Å². The molecule has 1 unspecified atom stereocenters. The Kier molecular flexibility index (Phi) is 6.33. The van der Waals surface area contributed by atoms with E-state index in [0.717, 1.165) is 18.5 Å². The minimum absolute atomic E-state index is 0.188. The monoisotopic (exact) mass is 422 g/mol. The summed E-state index contributed by atoms with van der Waals surface area (Å²) >= 11 is 0. The number of nitrogens with two attached hydrogens (primary N) is 3. The fourth-order valence-electron chi connectivity index (χ4n) is 4.14. The van der Waals surface area contributed by atoms with Gasteiger partial charge in [0, 0.05) is 23.3 Å². The van der Waals surface area contributed by atoms with Crippen molar-refractivity contribution in [2.75, 3.05) is 5.73 Å². The molecule has 6 N–H and O–H groups in total. The summed E-state index contributed by atoms with van der Waals surface area (Å²) in [5, 5.41) is 8.40. The molecule has 1 fully saturated rings. The third-order valence-corrected chi connectivity index (χ3v) is 6.44. The molecule has 2 aromatic rings. The molecule has 3 aliphatic rings. The van der Waals surface area contributed by atoms with Crippen molar-refractivity contribution in [3.63, 3.8) is 0 Å². The smallest absolute Gasteiger partial charge is 0.204 e. The Bertz CT molecular complexity index is 941. The molecule has 2 heterocycles. The second kappa shape index (κ2) is 8.58. The molecule has 5 rings (SSSR count). The van der Waals surface area contributed by atoms with Gasteiger partial charge in [-0.15, -0.1) is 0 Å². The SMILES string of the molecule is CCn1cc(F)c(S(N)=O)n1.NC=O.Nc1c2c(nc3c1CCC31CC1)CCC2. The van der Waals surface area contributed by atoms with Crippen LogP contribution in [-0.4, -0.2) is 25.4 Å². The minimum Gasteiger partial charge on any atom is -0.398 e. The largest absolute Gasteiger partial charge is 0.398 e. The first kappa shape index (κ1) is 21.4. The first-order valence-corrected chi connectivity index (χ1v) is 10.9. The van der Waals surface area contributed by atoms with Gasteiger partial charge in [0.05, 0.1) is 11.9 Å². The van der Waals surface area contributed by atoms with E-state index in [1.54, 1.807) is 6.92 Å². The number of pyridine rings is 1. The van der Waals surface area contributed by atoms with Gasteiger partial charge in [-0.2, -0.15) is 5.10 Å². The third-order valence-electron chi connectivity index (χ3n) is 5.78. The third kappa shape index (κ3) is 4.18. The van der Waals surface area contributed by atoms with Crippen LogP contribution < -0.4 is 16.6 Å². The Balaban J connectivity index is 0.000000153. The standard InChI is InChI=1S/C13H16N2.C5H8FN3OS.CH3NO/c14-11-8-2-1-3-10(8)15-12-9(11)4-5-13(12)6-7-13;1-2-9-3-4(6)5(8-9)11(7)10;2-1-3/h1-7H2,(H2,14,15);3H,2,7H2,1H3;1H,(H2,2,3). The van der Waals surface area contributed by atoms with Crippen molar-refractivity contribution in [2.24, 2.45) is 10.9 Å². The quantitative estimate of drug-likeness (QED) is 0.624. The zero-order valence-corrected chi connectivity index (χ0v) is 17.3. The molecule has 0 saturated heterocycles. The second-order valence-corrected chi connectivity index (χ2v) is 8.46. The predicted molar refractivity (Wildman–Crippen MR) is 109 cm³/mol. The van der Waals surface area contributed by atoms with Crippen molar-refractivity contribution in [3.05, 3.63) is 34.5 Å². The van der Waals surface area contributed by atoms with Crippen molar-refractivity contribution in [2.45, 2.75) is 68.9 Å². The first-order valence-electron chi connectivity index (χ1n) is 9.72. The number of aryl methyl sites for hydroxylation is 2. The highest BCUT2D eigenvalue weighted by Crippen LogP contribution is 2.57. The molecular formula is C19H27FN6O2S. The Morgan fingerprint density at radius 1 is 1.28 bits per heavy atom. The molecule has 1 amide bonds. The van der Waals surface area contributed by atoms with E-state index >= 15 is 0 Å². The van der Waals surface area contributed by atoms with Gasteiger partial charge in [0.25, 0.3) is 0 Å². The first-order chi connectivity index (χ1) is 13.9. The highest BCUT2D eigenvalue weighted by molar-refractivity contribution is 7.82. The van der Waals surface area contributed by atoms with Gasteiger partial charge in [-0.05, 0) is 63.0 Å². The molecule has 8 nitrogen and oxygen atoms in total. The van der Waals surface area contributed by atoms with E-state index in [0.29, 0.717) is 12.0 Å². The number of amides is 1. The van der Waals surface area contributed by atoms with Crippen molar-refractivity contribution in [1.82, 2.24) is 14.8 Å². The van der Waals surface area contributed by atoms with Crippen molar-refractivity contribution >= 4 is 23.1 Å². The summed E-state index contributed by atoms with van der Waals surface area (Å²) in [4.78, 5) is 13.5. The fourth-order valence-corrected chi connectivity index (χ4v) is 4.57. The van der Waals surface area contributed by atoms with E-state index in [2.05, 4.69) is 10.8 Å². The van der Waals surface area contributed by atoms with Gasteiger partial charge < -0.3 is 11.5 Å². The molecule has 0 aliphatic heterocycles. The van der Waals surface area contributed by atoms with E-state index in [9.17, 15) is 8.60 Å². The zero-order valence-electron chi connectivity index (χ0n) is 16.5. The van der Waals surface area contributed by atoms with Crippen LogP contribution in [0.15, 0.2) is 11.2 Å². The lowest BCUT2D eigenvalue weighted by Crippen LogP contribution is -2.08. The van der Waals surface area contributed by atoms with Crippen LogP contribution in [0.2, 0.25) is 0 Å². The molecule has 158 valence electrons. The summed E-state index contributed by atoms with van der Waals surface area (Å²) < 4.78 is 24.6. The molecule has 0 bridgehead atoms. The zero-order chi connectivity index (χ0) is 21.2. The van der Waals surface area contributed by atoms with E-state index in [4.69, 9.17) is 20.7 Å². The van der Waals surface area contributed by atoms with Crippen LogP contribution in [0.5, 0.6) is 0 Å². The van der Waals surface area contributed by atoms with E-state index in [1.807, 2.05) is 0 Å². The van der Waals surface area contributed by atoms with Gasteiger partial charge in [0.15, 0.2) is 10.8 Å². The summed E-state index contributed by atoms with van der Waals surface area (Å²) in [5.74, 6) is -0.618. The second-order valence-electron chi connectivity index (χ2n) is 7.48. The number of nitrogen functional groups attached to an aromatic ring is 1. The highest BCUT2D eigenvalue weighted by atomic mass is 32.2. The minimum atomic E-state index is -1.83. The number of halogens is 1. The van der Waals surface area contributed by atoms with Gasteiger partial charge in [-0.1, -0.05) is 0 Å². The number of hydrogen-bond donors (Lipinski definition) is 3. The van der Waals surface area contributed by atoms with Gasteiger partial charge in [-0.3, -0.25) is 14.5 Å². The number of aromatic nitrogens is 3. The number of rotatable bonds is 2. The van der Waals surface area contributed by atoms with Crippen LogP contribution in [0.1, 0.15) is 55.1 Å². The summed E-state index contributed by atoms with van der Waals surface area (Å²) in [6, 6.07) is 0.